The number of benzene rings is 1. The lowest BCUT2D eigenvalue weighted by atomic mass is 10.1. The van der Waals surface area contributed by atoms with Gasteiger partial charge >= 0.3 is 0 Å². The van der Waals surface area contributed by atoms with E-state index in [0.717, 1.165) is 12.8 Å². The molecule has 1 aliphatic carbocycles. The van der Waals surface area contributed by atoms with Crippen LogP contribution in [-0.2, 0) is 4.79 Å². The van der Waals surface area contributed by atoms with Crippen molar-refractivity contribution in [2.24, 2.45) is 5.92 Å². The van der Waals surface area contributed by atoms with Crippen LogP contribution in [0.3, 0.4) is 0 Å². The highest BCUT2D eigenvalue weighted by Crippen LogP contribution is 2.31. The van der Waals surface area contributed by atoms with E-state index in [-0.39, 0.29) is 22.4 Å². The largest absolute Gasteiger partial charge is 0.341 e. The molecule has 6 heteroatoms. The van der Waals surface area contributed by atoms with Gasteiger partial charge in [0.05, 0.1) is 10.6 Å². The van der Waals surface area contributed by atoms with Crippen LogP contribution in [0, 0.1) is 11.7 Å². The molecule has 4 nitrogen and oxygen atoms in total. The Labute approximate surface area is 133 Å². The molecule has 118 valence electrons. The zero-order valence-corrected chi connectivity index (χ0v) is 13.0. The summed E-state index contributed by atoms with van der Waals surface area (Å²) in [6, 6.07) is 4.23. The fraction of sp³-hybridized carbons (Fsp3) is 0.500. The quantitative estimate of drug-likeness (QED) is 0.839. The van der Waals surface area contributed by atoms with Gasteiger partial charge in [-0.25, -0.2) is 4.39 Å². The van der Waals surface area contributed by atoms with Crippen molar-refractivity contribution < 1.29 is 14.0 Å². The lowest BCUT2D eigenvalue weighted by molar-refractivity contribution is -0.132. The van der Waals surface area contributed by atoms with E-state index in [1.54, 1.807) is 4.90 Å². The lowest BCUT2D eigenvalue weighted by Crippen LogP contribution is -2.38. The monoisotopic (exact) mass is 324 g/mol. The van der Waals surface area contributed by atoms with Gasteiger partial charge in [0.15, 0.2) is 0 Å². The van der Waals surface area contributed by atoms with Gasteiger partial charge in [-0.15, -0.1) is 0 Å². The van der Waals surface area contributed by atoms with E-state index in [1.165, 1.54) is 18.2 Å². The van der Waals surface area contributed by atoms with Crippen LogP contribution >= 0.6 is 11.6 Å². The van der Waals surface area contributed by atoms with E-state index >= 15 is 0 Å². The Balaban J connectivity index is 1.70. The number of nitrogens with zero attached hydrogens (tertiary/aromatic N) is 2. The smallest absolute Gasteiger partial charge is 0.258 e. The molecule has 1 aliphatic heterocycles. The first-order valence-electron chi connectivity index (χ1n) is 7.60. The molecule has 0 unspecified atom stereocenters. The molecular formula is C16H18ClFN2O2. The van der Waals surface area contributed by atoms with Gasteiger partial charge in [-0.2, -0.15) is 0 Å². The van der Waals surface area contributed by atoms with Gasteiger partial charge < -0.3 is 9.80 Å². The molecule has 1 saturated heterocycles. The van der Waals surface area contributed by atoms with Crippen molar-refractivity contribution in [2.45, 2.75) is 19.3 Å². The Bertz CT molecular complexity index is 584. The first kappa shape index (κ1) is 15.3. The van der Waals surface area contributed by atoms with Crippen molar-refractivity contribution in [3.63, 3.8) is 0 Å². The molecule has 2 amide bonds. The molecule has 0 atom stereocenters. The van der Waals surface area contributed by atoms with Crippen molar-refractivity contribution in [2.75, 3.05) is 26.2 Å². The SMILES string of the molecule is O=C(c1c(F)cccc1Cl)N1CCCN(C(=O)C2CC2)CC1. The Morgan fingerprint density at radius 3 is 2.45 bits per heavy atom. The van der Waals surface area contributed by atoms with Crippen LogP contribution in [0.25, 0.3) is 0 Å². The number of hydrogen-bond donors (Lipinski definition) is 0. The van der Waals surface area contributed by atoms with Crippen molar-refractivity contribution in [3.05, 3.63) is 34.6 Å². The van der Waals surface area contributed by atoms with Crippen LogP contribution in [-0.4, -0.2) is 47.8 Å². The third kappa shape index (κ3) is 3.09. The lowest BCUT2D eigenvalue weighted by Gasteiger charge is -2.22. The summed E-state index contributed by atoms with van der Waals surface area (Å²) in [7, 11) is 0. The summed E-state index contributed by atoms with van der Waals surface area (Å²) in [6.45, 7) is 2.09. The highest BCUT2D eigenvalue weighted by atomic mass is 35.5. The second-order valence-corrected chi connectivity index (χ2v) is 6.25. The van der Waals surface area contributed by atoms with E-state index < -0.39 is 11.7 Å². The number of carbonyl (C=O) groups excluding carboxylic acids is 2. The number of halogens is 2. The maximum Gasteiger partial charge on any atom is 0.258 e. The molecule has 1 saturated carbocycles. The van der Waals surface area contributed by atoms with E-state index in [4.69, 9.17) is 11.6 Å². The van der Waals surface area contributed by atoms with Gasteiger partial charge in [-0.3, -0.25) is 9.59 Å². The van der Waals surface area contributed by atoms with Crippen LogP contribution in [0.2, 0.25) is 5.02 Å². The summed E-state index contributed by atoms with van der Waals surface area (Å²) in [4.78, 5) is 28.0. The van der Waals surface area contributed by atoms with Crippen LogP contribution in [0.15, 0.2) is 18.2 Å². The molecule has 0 bridgehead atoms. The van der Waals surface area contributed by atoms with Crippen molar-refractivity contribution in [3.8, 4) is 0 Å². The van der Waals surface area contributed by atoms with Crippen molar-refractivity contribution in [1.29, 1.82) is 0 Å². The van der Waals surface area contributed by atoms with Crippen LogP contribution < -0.4 is 0 Å². The number of amides is 2. The van der Waals surface area contributed by atoms with Gasteiger partial charge in [0.25, 0.3) is 5.91 Å². The van der Waals surface area contributed by atoms with Crippen LogP contribution in [0.4, 0.5) is 4.39 Å². The normalized spacial score (nSPS) is 19.0. The van der Waals surface area contributed by atoms with E-state index in [2.05, 4.69) is 0 Å². The maximum absolute atomic E-state index is 13.9. The maximum atomic E-state index is 13.9. The first-order valence-corrected chi connectivity index (χ1v) is 7.98. The molecule has 0 radical (unpaired) electrons. The molecule has 3 rings (SSSR count). The van der Waals surface area contributed by atoms with Crippen LogP contribution in [0.1, 0.15) is 29.6 Å². The molecule has 0 N–H and O–H groups in total. The predicted octanol–water partition coefficient (Wildman–Crippen LogP) is 2.56. The molecule has 22 heavy (non-hydrogen) atoms. The third-order valence-electron chi connectivity index (χ3n) is 4.20. The van der Waals surface area contributed by atoms with Gasteiger partial charge in [0.1, 0.15) is 5.82 Å². The molecule has 2 aliphatic rings. The Morgan fingerprint density at radius 1 is 1.09 bits per heavy atom. The average molecular weight is 325 g/mol. The predicted molar refractivity (Wildman–Crippen MR) is 81.2 cm³/mol. The Kier molecular flexibility index (Phi) is 4.34. The summed E-state index contributed by atoms with van der Waals surface area (Å²) in [5, 5.41) is 0.125. The summed E-state index contributed by atoms with van der Waals surface area (Å²) in [6.07, 6.45) is 2.65. The highest BCUT2D eigenvalue weighted by Gasteiger charge is 2.34. The standard InChI is InChI=1S/C16H18ClFN2O2/c17-12-3-1-4-13(18)14(12)16(22)20-8-2-7-19(9-10-20)15(21)11-5-6-11/h1,3-4,11H,2,5-10H2. The summed E-state index contributed by atoms with van der Waals surface area (Å²) in [5.74, 6) is -0.627. The minimum Gasteiger partial charge on any atom is -0.341 e. The summed E-state index contributed by atoms with van der Waals surface area (Å²) < 4.78 is 13.9. The number of rotatable bonds is 2. The first-order chi connectivity index (χ1) is 10.6. The van der Waals surface area contributed by atoms with Gasteiger partial charge in [0, 0.05) is 32.1 Å². The topological polar surface area (TPSA) is 40.6 Å². The van der Waals surface area contributed by atoms with Crippen LogP contribution in [0.5, 0.6) is 0 Å². The molecule has 2 fully saturated rings. The van der Waals surface area contributed by atoms with Crippen molar-refractivity contribution in [1.82, 2.24) is 9.80 Å². The van der Waals surface area contributed by atoms with E-state index in [9.17, 15) is 14.0 Å². The van der Waals surface area contributed by atoms with Gasteiger partial charge in [0.2, 0.25) is 5.91 Å². The molecule has 1 aromatic rings. The fourth-order valence-electron chi connectivity index (χ4n) is 2.79. The molecule has 0 aromatic heterocycles. The zero-order chi connectivity index (χ0) is 15.7. The van der Waals surface area contributed by atoms with Crippen molar-refractivity contribution >= 4 is 23.4 Å². The third-order valence-corrected chi connectivity index (χ3v) is 4.51. The minimum absolute atomic E-state index is 0.0777. The second-order valence-electron chi connectivity index (χ2n) is 5.84. The summed E-state index contributed by atoms with van der Waals surface area (Å²) >= 11 is 5.96. The molecular weight excluding hydrogens is 307 g/mol. The highest BCUT2D eigenvalue weighted by molar-refractivity contribution is 6.33. The molecule has 1 heterocycles. The Hall–Kier alpha value is -1.62. The summed E-state index contributed by atoms with van der Waals surface area (Å²) in [5.41, 5.74) is -0.0777. The average Bonchev–Trinajstić information content (AvgIpc) is 3.33. The van der Waals surface area contributed by atoms with Gasteiger partial charge in [-0.1, -0.05) is 17.7 Å². The number of hydrogen-bond acceptors (Lipinski definition) is 2. The van der Waals surface area contributed by atoms with Gasteiger partial charge in [-0.05, 0) is 31.4 Å². The second kappa shape index (κ2) is 6.24. The number of carbonyl (C=O) groups is 2. The molecule has 0 spiro atoms. The van der Waals surface area contributed by atoms with E-state index in [1.807, 2.05) is 4.90 Å². The van der Waals surface area contributed by atoms with E-state index in [0.29, 0.717) is 32.6 Å². The zero-order valence-electron chi connectivity index (χ0n) is 12.2. The Morgan fingerprint density at radius 2 is 1.77 bits per heavy atom. The fourth-order valence-corrected chi connectivity index (χ4v) is 3.03. The molecule has 1 aromatic carbocycles. The minimum atomic E-state index is -0.604.